The van der Waals surface area contributed by atoms with E-state index in [-0.39, 0.29) is 0 Å². The number of aromatic nitrogens is 2. The van der Waals surface area contributed by atoms with E-state index < -0.39 is 0 Å². The Kier molecular flexibility index (Phi) is 5.41. The molecule has 0 spiro atoms. The van der Waals surface area contributed by atoms with Crippen LogP contribution in [0.3, 0.4) is 0 Å². The Morgan fingerprint density at radius 2 is 1.62 bits per heavy atom. The van der Waals surface area contributed by atoms with Crippen molar-refractivity contribution in [1.29, 1.82) is 5.26 Å². The average molecular weight is 375 g/mol. The molecule has 0 radical (unpaired) electrons. The molecule has 0 aliphatic carbocycles. The molecule has 4 nitrogen and oxygen atoms in total. The fourth-order valence-electron chi connectivity index (χ4n) is 3.10. The van der Waals surface area contributed by atoms with Crippen LogP contribution in [-0.4, -0.2) is 10.4 Å². The number of hydrogen-bond donors (Lipinski definition) is 0. The van der Waals surface area contributed by atoms with Crippen LogP contribution in [0.1, 0.15) is 33.5 Å². The van der Waals surface area contributed by atoms with Crippen molar-refractivity contribution < 1.29 is 4.52 Å². The summed E-state index contributed by atoms with van der Waals surface area (Å²) >= 11 is 0. The Balaban J connectivity index is 1.85. The SMILES string of the molecule is N#Cc1cccc(/C=C(\c2ccccc2)c2conn2)c1/C=C/c1ccccc1. The zero-order valence-electron chi connectivity index (χ0n) is 15.6. The molecular formula is C25H17N3O. The van der Waals surface area contributed by atoms with Crippen LogP contribution in [0.15, 0.2) is 89.6 Å². The van der Waals surface area contributed by atoms with Crippen LogP contribution in [0.2, 0.25) is 0 Å². The molecule has 0 N–H and O–H groups in total. The molecule has 0 unspecified atom stereocenters. The van der Waals surface area contributed by atoms with Gasteiger partial charge >= 0.3 is 0 Å². The van der Waals surface area contributed by atoms with E-state index in [0.29, 0.717) is 11.3 Å². The van der Waals surface area contributed by atoms with Gasteiger partial charge in [-0.1, -0.05) is 84.9 Å². The summed E-state index contributed by atoms with van der Waals surface area (Å²) in [6.07, 6.45) is 7.52. The molecule has 0 bridgehead atoms. The van der Waals surface area contributed by atoms with Gasteiger partial charge in [-0.25, -0.2) is 0 Å². The zero-order valence-corrected chi connectivity index (χ0v) is 15.6. The molecule has 4 heteroatoms. The maximum absolute atomic E-state index is 9.63. The lowest BCUT2D eigenvalue weighted by Crippen LogP contribution is -1.92. The van der Waals surface area contributed by atoms with Crippen molar-refractivity contribution >= 4 is 23.8 Å². The number of nitrogens with zero attached hydrogens (tertiary/aromatic N) is 3. The summed E-state index contributed by atoms with van der Waals surface area (Å²) in [7, 11) is 0. The van der Waals surface area contributed by atoms with Crippen LogP contribution in [-0.2, 0) is 0 Å². The molecule has 0 atom stereocenters. The molecule has 1 aromatic heterocycles. The van der Waals surface area contributed by atoms with Crippen molar-refractivity contribution in [1.82, 2.24) is 10.4 Å². The summed E-state index contributed by atoms with van der Waals surface area (Å²) < 4.78 is 4.97. The highest BCUT2D eigenvalue weighted by atomic mass is 16.5. The van der Waals surface area contributed by atoms with Gasteiger partial charge in [0.2, 0.25) is 0 Å². The van der Waals surface area contributed by atoms with Crippen molar-refractivity contribution in [2.75, 3.05) is 0 Å². The largest absolute Gasteiger partial charge is 0.345 e. The van der Waals surface area contributed by atoms with Crippen LogP contribution in [0, 0.1) is 11.3 Å². The van der Waals surface area contributed by atoms with E-state index in [1.165, 1.54) is 6.26 Å². The molecule has 0 aliphatic rings. The first-order chi connectivity index (χ1) is 14.3. The molecule has 0 saturated carbocycles. The van der Waals surface area contributed by atoms with E-state index in [1.807, 2.05) is 97.1 Å². The standard InChI is InChI=1S/C25H17N3O/c26-17-22-13-7-12-21(23(22)15-14-19-8-3-1-4-9-19)16-24(25-18-29-28-27-25)20-10-5-2-6-11-20/h1-16,18H/b15-14+,24-16+. The topological polar surface area (TPSA) is 62.7 Å². The van der Waals surface area contributed by atoms with E-state index in [9.17, 15) is 5.26 Å². The first kappa shape index (κ1) is 18.1. The van der Waals surface area contributed by atoms with Crippen molar-refractivity contribution in [3.63, 3.8) is 0 Å². The van der Waals surface area contributed by atoms with Crippen LogP contribution < -0.4 is 0 Å². The highest BCUT2D eigenvalue weighted by Gasteiger charge is 2.11. The molecule has 4 rings (SSSR count). The fourth-order valence-corrected chi connectivity index (χ4v) is 3.10. The maximum Gasteiger partial charge on any atom is 0.152 e. The molecule has 0 fully saturated rings. The third-order valence-corrected chi connectivity index (χ3v) is 4.52. The minimum absolute atomic E-state index is 0.608. The van der Waals surface area contributed by atoms with Crippen molar-refractivity contribution in [3.8, 4) is 6.07 Å². The lowest BCUT2D eigenvalue weighted by atomic mass is 9.95. The first-order valence-electron chi connectivity index (χ1n) is 9.16. The molecule has 3 aromatic carbocycles. The Bertz CT molecular complexity index is 1190. The Labute approximate surface area is 169 Å². The average Bonchev–Trinajstić information content (AvgIpc) is 3.32. The van der Waals surface area contributed by atoms with E-state index >= 15 is 0 Å². The van der Waals surface area contributed by atoms with E-state index in [1.54, 1.807) is 0 Å². The summed E-state index contributed by atoms with van der Waals surface area (Å²) in [5.74, 6) is 0. The van der Waals surface area contributed by atoms with Crippen molar-refractivity contribution in [2.45, 2.75) is 0 Å². The quantitative estimate of drug-likeness (QED) is 0.420. The zero-order chi connectivity index (χ0) is 19.9. The normalized spacial score (nSPS) is 11.5. The highest BCUT2D eigenvalue weighted by molar-refractivity contribution is 5.92. The van der Waals surface area contributed by atoms with Crippen LogP contribution in [0.4, 0.5) is 0 Å². The number of hydrogen-bond acceptors (Lipinski definition) is 4. The van der Waals surface area contributed by atoms with Gasteiger partial charge in [0.05, 0.1) is 11.6 Å². The van der Waals surface area contributed by atoms with Gasteiger partial charge in [0.15, 0.2) is 6.26 Å². The second-order valence-electron chi connectivity index (χ2n) is 6.38. The minimum Gasteiger partial charge on any atom is -0.345 e. The van der Waals surface area contributed by atoms with E-state index in [0.717, 1.165) is 27.8 Å². The van der Waals surface area contributed by atoms with Gasteiger partial charge in [0.25, 0.3) is 0 Å². The second-order valence-corrected chi connectivity index (χ2v) is 6.38. The predicted octanol–water partition coefficient (Wildman–Crippen LogP) is 5.70. The first-order valence-corrected chi connectivity index (χ1v) is 9.16. The Morgan fingerprint density at radius 1 is 0.862 bits per heavy atom. The molecule has 138 valence electrons. The monoisotopic (exact) mass is 375 g/mol. The van der Waals surface area contributed by atoms with Crippen molar-refractivity contribution in [3.05, 3.63) is 119 Å². The highest BCUT2D eigenvalue weighted by Crippen LogP contribution is 2.27. The number of rotatable bonds is 5. The van der Waals surface area contributed by atoms with Gasteiger partial charge in [-0.15, -0.1) is 5.10 Å². The summed E-state index contributed by atoms with van der Waals surface area (Å²) in [6.45, 7) is 0. The third-order valence-electron chi connectivity index (χ3n) is 4.52. The van der Waals surface area contributed by atoms with Crippen LogP contribution >= 0.6 is 0 Å². The molecule has 29 heavy (non-hydrogen) atoms. The number of benzene rings is 3. The molecule has 0 amide bonds. The predicted molar refractivity (Wildman–Crippen MR) is 114 cm³/mol. The lowest BCUT2D eigenvalue weighted by Gasteiger charge is -2.08. The molecule has 0 aliphatic heterocycles. The molecule has 4 aromatic rings. The summed E-state index contributed by atoms with van der Waals surface area (Å²) in [5.41, 5.74) is 5.94. The van der Waals surface area contributed by atoms with Crippen LogP contribution in [0.5, 0.6) is 0 Å². The van der Waals surface area contributed by atoms with Gasteiger partial charge in [-0.05, 0) is 34.4 Å². The molecule has 0 saturated heterocycles. The Hall–Kier alpha value is -4.23. The van der Waals surface area contributed by atoms with Gasteiger partial charge in [-0.3, -0.25) is 0 Å². The third kappa shape index (κ3) is 4.20. The fraction of sp³-hybridized carbons (Fsp3) is 0. The van der Waals surface area contributed by atoms with Gasteiger partial charge in [0, 0.05) is 10.8 Å². The summed E-state index contributed by atoms with van der Waals surface area (Å²) in [4.78, 5) is 0. The maximum atomic E-state index is 9.63. The van der Waals surface area contributed by atoms with Gasteiger partial charge in [0.1, 0.15) is 5.69 Å². The molecular weight excluding hydrogens is 358 g/mol. The van der Waals surface area contributed by atoms with Crippen molar-refractivity contribution in [2.24, 2.45) is 0 Å². The van der Waals surface area contributed by atoms with E-state index in [4.69, 9.17) is 4.52 Å². The number of nitriles is 1. The van der Waals surface area contributed by atoms with Crippen LogP contribution in [0.25, 0.3) is 23.8 Å². The summed E-state index contributed by atoms with van der Waals surface area (Å²) in [6, 6.07) is 27.9. The second kappa shape index (κ2) is 8.64. The minimum atomic E-state index is 0.608. The van der Waals surface area contributed by atoms with Gasteiger partial charge < -0.3 is 4.52 Å². The summed E-state index contributed by atoms with van der Waals surface area (Å²) in [5, 5.41) is 17.3. The smallest absolute Gasteiger partial charge is 0.152 e. The molecule has 1 heterocycles. The lowest BCUT2D eigenvalue weighted by molar-refractivity contribution is 0.393. The van der Waals surface area contributed by atoms with E-state index in [2.05, 4.69) is 16.4 Å². The van der Waals surface area contributed by atoms with Gasteiger partial charge in [-0.2, -0.15) is 5.26 Å². The Morgan fingerprint density at radius 3 is 2.31 bits per heavy atom.